The van der Waals surface area contributed by atoms with Gasteiger partial charge < -0.3 is 19.4 Å². The Morgan fingerprint density at radius 3 is 2.76 bits per heavy atom. The Balaban J connectivity index is 1.33. The molecule has 2 aromatic rings. The first-order chi connectivity index (χ1) is 16.0. The lowest BCUT2D eigenvalue weighted by Crippen LogP contribution is -2.37. The average molecular weight is 448 g/mol. The van der Waals surface area contributed by atoms with E-state index in [-0.39, 0.29) is 12.2 Å². The van der Waals surface area contributed by atoms with E-state index >= 15 is 0 Å². The van der Waals surface area contributed by atoms with Gasteiger partial charge in [0.2, 0.25) is 0 Å². The van der Waals surface area contributed by atoms with Crippen LogP contribution >= 0.6 is 0 Å². The number of benzene rings is 2. The maximum absolute atomic E-state index is 9.86. The number of rotatable bonds is 5. The van der Waals surface area contributed by atoms with Crippen LogP contribution in [0.1, 0.15) is 73.3 Å². The second-order valence-corrected chi connectivity index (χ2v) is 9.18. The van der Waals surface area contributed by atoms with E-state index in [1.807, 2.05) is 26.0 Å². The van der Waals surface area contributed by atoms with Crippen LogP contribution in [0.4, 0.5) is 0 Å². The van der Waals surface area contributed by atoms with E-state index in [9.17, 15) is 10.4 Å². The number of hydrogen-bond acceptors (Lipinski definition) is 7. The SMILES string of the molecule is CC(C)Oc1ccc(C2ON=C(c3cccc4c3CCC4N3CCC(O)CC3)O2)cc1C#N. The van der Waals surface area contributed by atoms with Crippen molar-refractivity contribution in [3.63, 3.8) is 0 Å². The second-order valence-electron chi connectivity index (χ2n) is 9.18. The van der Waals surface area contributed by atoms with E-state index in [0.717, 1.165) is 49.9 Å². The zero-order valence-electron chi connectivity index (χ0n) is 19.0. The van der Waals surface area contributed by atoms with Crippen molar-refractivity contribution in [2.45, 2.75) is 64.1 Å². The van der Waals surface area contributed by atoms with Crippen molar-refractivity contribution in [3.05, 3.63) is 64.2 Å². The summed E-state index contributed by atoms with van der Waals surface area (Å²) in [6.45, 7) is 5.71. The van der Waals surface area contributed by atoms with Crippen molar-refractivity contribution in [3.8, 4) is 11.8 Å². The summed E-state index contributed by atoms with van der Waals surface area (Å²) >= 11 is 0. The van der Waals surface area contributed by atoms with Gasteiger partial charge in [0.25, 0.3) is 12.2 Å². The number of oxime groups is 1. The van der Waals surface area contributed by atoms with Gasteiger partial charge in [0.15, 0.2) is 0 Å². The third kappa shape index (κ3) is 4.29. The molecule has 7 nitrogen and oxygen atoms in total. The van der Waals surface area contributed by atoms with E-state index in [2.05, 4.69) is 28.3 Å². The molecule has 33 heavy (non-hydrogen) atoms. The minimum atomic E-state index is -0.697. The van der Waals surface area contributed by atoms with Crippen LogP contribution in [0.25, 0.3) is 0 Å². The predicted octanol–water partition coefficient (Wildman–Crippen LogP) is 4.20. The Morgan fingerprint density at radius 1 is 1.18 bits per heavy atom. The number of ether oxygens (including phenoxy) is 2. The van der Waals surface area contributed by atoms with Crippen LogP contribution in [-0.2, 0) is 16.0 Å². The predicted molar refractivity (Wildman–Crippen MR) is 123 cm³/mol. The fourth-order valence-corrected chi connectivity index (χ4v) is 5.03. The molecule has 1 N–H and O–H groups in total. The third-order valence-corrected chi connectivity index (χ3v) is 6.62. The van der Waals surface area contributed by atoms with E-state index in [1.54, 1.807) is 12.1 Å². The summed E-state index contributed by atoms with van der Waals surface area (Å²) in [6.07, 6.45) is 2.81. The lowest BCUT2D eigenvalue weighted by Gasteiger charge is -2.34. The highest BCUT2D eigenvalue weighted by molar-refractivity contribution is 5.96. The number of aliphatic hydroxyl groups is 1. The minimum absolute atomic E-state index is 0.0177. The summed E-state index contributed by atoms with van der Waals surface area (Å²) in [5.74, 6) is 1.03. The quantitative estimate of drug-likeness (QED) is 0.739. The van der Waals surface area contributed by atoms with Gasteiger partial charge in [-0.3, -0.25) is 4.90 Å². The number of hydrogen-bond donors (Lipinski definition) is 1. The molecule has 2 heterocycles. The largest absolute Gasteiger partial charge is 0.490 e. The van der Waals surface area contributed by atoms with Gasteiger partial charge in [0.05, 0.1) is 17.8 Å². The van der Waals surface area contributed by atoms with Crippen LogP contribution in [-0.4, -0.2) is 41.2 Å². The molecule has 172 valence electrons. The molecule has 0 saturated carbocycles. The molecular weight excluding hydrogens is 418 g/mol. The van der Waals surface area contributed by atoms with Crippen molar-refractivity contribution in [2.75, 3.05) is 13.1 Å². The molecule has 1 saturated heterocycles. The Hall–Kier alpha value is -3.08. The summed E-state index contributed by atoms with van der Waals surface area (Å²) in [5.41, 5.74) is 4.71. The van der Waals surface area contributed by atoms with Crippen molar-refractivity contribution in [2.24, 2.45) is 5.16 Å². The molecule has 0 amide bonds. The van der Waals surface area contributed by atoms with Gasteiger partial charge in [-0.1, -0.05) is 12.1 Å². The first-order valence-electron chi connectivity index (χ1n) is 11.7. The number of nitriles is 1. The Labute approximate surface area is 194 Å². The van der Waals surface area contributed by atoms with Crippen LogP contribution in [0.3, 0.4) is 0 Å². The van der Waals surface area contributed by atoms with E-state index < -0.39 is 6.29 Å². The first-order valence-corrected chi connectivity index (χ1v) is 11.7. The van der Waals surface area contributed by atoms with Gasteiger partial charge in [-0.2, -0.15) is 5.26 Å². The molecule has 1 aliphatic carbocycles. The molecule has 2 atom stereocenters. The van der Waals surface area contributed by atoms with Crippen molar-refractivity contribution < 1.29 is 19.4 Å². The summed E-state index contributed by atoms with van der Waals surface area (Å²) in [6, 6.07) is 14.2. The van der Waals surface area contributed by atoms with Crippen LogP contribution in [0.2, 0.25) is 0 Å². The standard InChI is InChI=1S/C26H29N3O4/c1-16(2)31-24-9-6-17(14-18(24)15-27)26-32-25(28-33-26)22-5-3-4-21-20(22)7-8-23(21)29-12-10-19(30)11-13-29/h3-6,9,14,16,19,23,26,30H,7-8,10-13H2,1-2H3. The lowest BCUT2D eigenvalue weighted by atomic mass is 9.99. The van der Waals surface area contributed by atoms with E-state index in [1.165, 1.54) is 11.1 Å². The Bertz CT molecular complexity index is 1100. The van der Waals surface area contributed by atoms with Crippen LogP contribution < -0.4 is 4.74 Å². The van der Waals surface area contributed by atoms with Gasteiger partial charge in [-0.25, -0.2) is 0 Å². The Morgan fingerprint density at radius 2 is 2.00 bits per heavy atom. The maximum atomic E-state index is 9.86. The Kier molecular flexibility index (Phi) is 5.96. The number of likely N-dealkylation sites (tertiary alicyclic amines) is 1. The van der Waals surface area contributed by atoms with E-state index in [0.29, 0.717) is 23.3 Å². The summed E-state index contributed by atoms with van der Waals surface area (Å²) in [4.78, 5) is 8.11. The maximum Gasteiger partial charge on any atom is 0.293 e. The van der Waals surface area contributed by atoms with Gasteiger partial charge in [0.1, 0.15) is 11.8 Å². The molecule has 0 aromatic heterocycles. The van der Waals surface area contributed by atoms with Gasteiger partial charge in [-0.05, 0) is 80.1 Å². The molecule has 2 aliphatic heterocycles. The molecule has 2 unspecified atom stereocenters. The average Bonchev–Trinajstić information content (AvgIpc) is 3.47. The number of nitrogens with zero attached hydrogens (tertiary/aromatic N) is 3. The number of fused-ring (bicyclic) bond motifs is 1. The van der Waals surface area contributed by atoms with Crippen molar-refractivity contribution in [1.29, 1.82) is 5.26 Å². The fraction of sp³-hybridized carbons (Fsp3) is 0.462. The molecule has 1 fully saturated rings. The normalized spacial score (nSPS) is 22.9. The van der Waals surface area contributed by atoms with Crippen molar-refractivity contribution in [1.82, 2.24) is 4.90 Å². The fourth-order valence-electron chi connectivity index (χ4n) is 5.03. The summed E-state index contributed by atoms with van der Waals surface area (Å²) < 4.78 is 11.8. The zero-order chi connectivity index (χ0) is 22.9. The highest BCUT2D eigenvalue weighted by Crippen LogP contribution is 2.40. The van der Waals surface area contributed by atoms with E-state index in [4.69, 9.17) is 14.3 Å². The smallest absolute Gasteiger partial charge is 0.293 e. The van der Waals surface area contributed by atoms with Crippen LogP contribution in [0, 0.1) is 11.3 Å². The van der Waals surface area contributed by atoms with Gasteiger partial charge in [-0.15, -0.1) is 0 Å². The third-order valence-electron chi connectivity index (χ3n) is 6.62. The lowest BCUT2D eigenvalue weighted by molar-refractivity contribution is -0.0499. The second kappa shape index (κ2) is 9.05. The molecule has 3 aliphatic rings. The van der Waals surface area contributed by atoms with Gasteiger partial charge >= 0.3 is 0 Å². The first kappa shape index (κ1) is 21.7. The summed E-state index contributed by atoms with van der Waals surface area (Å²) in [7, 11) is 0. The molecule has 0 radical (unpaired) electrons. The topological polar surface area (TPSA) is 87.3 Å². The molecule has 2 aromatic carbocycles. The highest BCUT2D eigenvalue weighted by atomic mass is 16.8. The molecule has 7 heteroatoms. The molecule has 0 bridgehead atoms. The monoisotopic (exact) mass is 447 g/mol. The van der Waals surface area contributed by atoms with Gasteiger partial charge in [0, 0.05) is 30.3 Å². The summed E-state index contributed by atoms with van der Waals surface area (Å²) in [5, 5.41) is 23.6. The zero-order valence-corrected chi connectivity index (χ0v) is 19.0. The highest BCUT2D eigenvalue weighted by Gasteiger charge is 2.34. The minimum Gasteiger partial charge on any atom is -0.490 e. The number of piperidine rings is 1. The molecule has 0 spiro atoms. The van der Waals surface area contributed by atoms with Crippen LogP contribution in [0.15, 0.2) is 41.6 Å². The molecular formula is C26H29N3O4. The number of aliphatic hydroxyl groups excluding tert-OH is 1. The molecule has 5 rings (SSSR count). The van der Waals surface area contributed by atoms with Crippen molar-refractivity contribution >= 4 is 5.90 Å². The van der Waals surface area contributed by atoms with Crippen LogP contribution in [0.5, 0.6) is 5.75 Å².